The van der Waals surface area contributed by atoms with Crippen LogP contribution in [0.4, 0.5) is 11.4 Å². The lowest BCUT2D eigenvalue weighted by Crippen LogP contribution is -2.25. The molecule has 4 N–H and O–H groups in total. The minimum atomic E-state index is -0.721. The van der Waals surface area contributed by atoms with Crippen molar-refractivity contribution in [2.24, 2.45) is 0 Å². The Bertz CT molecular complexity index is 440. The summed E-state index contributed by atoms with van der Waals surface area (Å²) in [7, 11) is 0. The van der Waals surface area contributed by atoms with Crippen LogP contribution in [-0.4, -0.2) is 40.5 Å². The molecule has 0 spiro atoms. The molecule has 106 valence electrons. The molecule has 19 heavy (non-hydrogen) atoms. The molecule has 0 bridgehead atoms. The van der Waals surface area contributed by atoms with Gasteiger partial charge in [-0.05, 0) is 24.6 Å². The monoisotopic (exact) mass is 269 g/mol. The van der Waals surface area contributed by atoms with Gasteiger partial charge in [0.1, 0.15) is 12.3 Å². The molecule has 2 rings (SSSR count). The number of hydrogen-bond donors (Lipinski definition) is 4. The Labute approximate surface area is 110 Å². The summed E-state index contributed by atoms with van der Waals surface area (Å²) in [6.07, 6.45) is -1.42. The zero-order chi connectivity index (χ0) is 14.0. The maximum atomic E-state index is 10.9. The maximum absolute atomic E-state index is 10.9. The number of ether oxygens (including phenoxy) is 1. The highest BCUT2D eigenvalue weighted by Gasteiger charge is 2.33. The fourth-order valence-corrected chi connectivity index (χ4v) is 2.08. The number of rotatable bonds is 4. The lowest BCUT2D eigenvalue weighted by molar-refractivity contribution is -0.0149. The third-order valence-electron chi connectivity index (χ3n) is 3.15. The zero-order valence-electron chi connectivity index (χ0n) is 10.5. The van der Waals surface area contributed by atoms with Gasteiger partial charge in [0.05, 0.1) is 18.4 Å². The van der Waals surface area contributed by atoms with Crippen molar-refractivity contribution in [2.75, 3.05) is 17.2 Å². The summed E-state index contributed by atoms with van der Waals surface area (Å²) in [6.45, 7) is 1.46. The van der Waals surface area contributed by atoms with Crippen LogP contribution >= 0.6 is 0 Å². The van der Waals surface area contributed by atoms with Crippen LogP contribution in [0.1, 0.15) is 12.0 Å². The van der Waals surface area contributed by atoms with E-state index in [1.54, 1.807) is 19.1 Å². The quantitative estimate of drug-likeness (QED) is 0.592. The molecule has 0 amide bonds. The predicted octanol–water partition coefficient (Wildman–Crippen LogP) is 0.569. The smallest absolute Gasteiger partial charge is 0.130 e. The Balaban J connectivity index is 2.06. The third-order valence-corrected chi connectivity index (χ3v) is 3.15. The van der Waals surface area contributed by atoms with Crippen LogP contribution < -0.4 is 10.5 Å². The number of aliphatic hydroxyl groups is 2. The SMILES string of the molecule is Cc1ccc(N[C@H]2C[C@H](O)[C@@H](CO)O2)cc1N([O-])O. The first kappa shape index (κ1) is 14.0. The summed E-state index contributed by atoms with van der Waals surface area (Å²) in [6, 6.07) is 4.92. The summed E-state index contributed by atoms with van der Waals surface area (Å²) in [5.74, 6) is 0. The fourth-order valence-electron chi connectivity index (χ4n) is 2.08. The second kappa shape index (κ2) is 5.72. The standard InChI is InChI=1S/C12H17N2O5/c1-7-2-3-8(4-9(7)14(17)18)13-12-5-10(16)11(6-15)19-12/h2-4,10-13,15-17H,5-6H2,1H3/q-1/t10-,11+,12+/m0/s1. The van der Waals surface area contributed by atoms with Crippen LogP contribution in [0.15, 0.2) is 18.2 Å². The first-order chi connectivity index (χ1) is 9.01. The fraction of sp³-hybridized carbons (Fsp3) is 0.500. The van der Waals surface area contributed by atoms with Gasteiger partial charge in [-0.1, -0.05) is 6.07 Å². The third kappa shape index (κ3) is 3.14. The second-order valence-electron chi connectivity index (χ2n) is 4.57. The van der Waals surface area contributed by atoms with Crippen molar-refractivity contribution in [3.8, 4) is 0 Å². The van der Waals surface area contributed by atoms with E-state index in [9.17, 15) is 10.3 Å². The average Bonchev–Trinajstić information content (AvgIpc) is 2.71. The van der Waals surface area contributed by atoms with Crippen LogP contribution in [-0.2, 0) is 4.74 Å². The van der Waals surface area contributed by atoms with E-state index in [2.05, 4.69) is 5.32 Å². The van der Waals surface area contributed by atoms with Gasteiger partial charge < -0.3 is 30.7 Å². The molecule has 1 aliphatic heterocycles. The summed E-state index contributed by atoms with van der Waals surface area (Å²) < 4.78 is 5.39. The van der Waals surface area contributed by atoms with Crippen LogP contribution in [0, 0.1) is 12.1 Å². The molecule has 3 atom stereocenters. The van der Waals surface area contributed by atoms with E-state index in [0.29, 0.717) is 17.7 Å². The Morgan fingerprint density at radius 2 is 2.26 bits per heavy atom. The van der Waals surface area contributed by atoms with E-state index >= 15 is 0 Å². The van der Waals surface area contributed by atoms with E-state index < -0.39 is 18.4 Å². The normalized spacial score (nSPS) is 26.5. The molecule has 0 aliphatic carbocycles. The molecular formula is C12H17N2O5-. The summed E-state index contributed by atoms with van der Waals surface area (Å²) >= 11 is 0. The van der Waals surface area contributed by atoms with Crippen molar-refractivity contribution in [3.05, 3.63) is 29.0 Å². The summed E-state index contributed by atoms with van der Waals surface area (Å²) in [5, 5.41) is 41.3. The van der Waals surface area contributed by atoms with Gasteiger partial charge in [-0.25, -0.2) is 0 Å². The number of anilines is 2. The molecule has 0 saturated carbocycles. The van der Waals surface area contributed by atoms with Crippen molar-refractivity contribution in [1.29, 1.82) is 0 Å². The molecule has 0 aromatic heterocycles. The van der Waals surface area contributed by atoms with Crippen LogP contribution in [0.2, 0.25) is 0 Å². The Morgan fingerprint density at radius 3 is 2.84 bits per heavy atom. The predicted molar refractivity (Wildman–Crippen MR) is 68.8 cm³/mol. The van der Waals surface area contributed by atoms with Crippen molar-refractivity contribution in [1.82, 2.24) is 0 Å². The van der Waals surface area contributed by atoms with E-state index in [-0.39, 0.29) is 17.5 Å². The highest BCUT2D eigenvalue weighted by Crippen LogP contribution is 2.26. The Kier molecular flexibility index (Phi) is 4.23. The van der Waals surface area contributed by atoms with Crippen LogP contribution in [0.5, 0.6) is 0 Å². The lowest BCUT2D eigenvalue weighted by atomic mass is 10.1. The summed E-state index contributed by atoms with van der Waals surface area (Å²) in [4.78, 5) is 0. The first-order valence-corrected chi connectivity index (χ1v) is 5.99. The molecule has 7 heteroatoms. The number of aliphatic hydroxyl groups excluding tert-OH is 2. The van der Waals surface area contributed by atoms with Gasteiger partial charge in [0, 0.05) is 12.1 Å². The van der Waals surface area contributed by atoms with E-state index in [0.717, 1.165) is 0 Å². The lowest BCUT2D eigenvalue weighted by Gasteiger charge is -2.25. The average molecular weight is 269 g/mol. The second-order valence-corrected chi connectivity index (χ2v) is 4.57. The molecule has 1 saturated heterocycles. The molecule has 1 fully saturated rings. The highest BCUT2D eigenvalue weighted by molar-refractivity contribution is 5.61. The van der Waals surface area contributed by atoms with E-state index in [1.165, 1.54) is 6.07 Å². The van der Waals surface area contributed by atoms with Crippen LogP contribution in [0.3, 0.4) is 0 Å². The minimum Gasteiger partial charge on any atom is -0.733 e. The molecule has 7 nitrogen and oxygen atoms in total. The molecular weight excluding hydrogens is 252 g/mol. The number of benzene rings is 1. The van der Waals surface area contributed by atoms with Gasteiger partial charge in [0.2, 0.25) is 0 Å². The van der Waals surface area contributed by atoms with Gasteiger partial charge in [0.25, 0.3) is 0 Å². The number of hydrogen-bond acceptors (Lipinski definition) is 7. The molecule has 0 radical (unpaired) electrons. The van der Waals surface area contributed by atoms with Crippen LogP contribution in [0.25, 0.3) is 0 Å². The molecule has 0 unspecified atom stereocenters. The number of aryl methyl sites for hydroxylation is 1. The van der Waals surface area contributed by atoms with E-state index in [1.807, 2.05) is 0 Å². The Hall–Kier alpha value is -1.38. The van der Waals surface area contributed by atoms with E-state index in [4.69, 9.17) is 15.1 Å². The Morgan fingerprint density at radius 1 is 1.53 bits per heavy atom. The van der Waals surface area contributed by atoms with Gasteiger partial charge >= 0.3 is 0 Å². The maximum Gasteiger partial charge on any atom is 0.130 e. The minimum absolute atomic E-state index is 0.141. The zero-order valence-corrected chi connectivity index (χ0v) is 10.5. The summed E-state index contributed by atoms with van der Waals surface area (Å²) in [5.41, 5.74) is 1.37. The van der Waals surface area contributed by atoms with Crippen molar-refractivity contribution in [3.63, 3.8) is 0 Å². The first-order valence-electron chi connectivity index (χ1n) is 5.99. The van der Waals surface area contributed by atoms with Gasteiger partial charge in [-0.3, -0.25) is 5.21 Å². The highest BCUT2D eigenvalue weighted by atomic mass is 16.8. The molecule has 1 aliphatic rings. The largest absolute Gasteiger partial charge is 0.733 e. The number of nitrogens with zero attached hydrogens (tertiary/aromatic N) is 1. The topological polar surface area (TPSA) is 108 Å². The van der Waals surface area contributed by atoms with Gasteiger partial charge in [-0.15, -0.1) is 0 Å². The molecule has 1 aromatic rings. The van der Waals surface area contributed by atoms with Crippen molar-refractivity contribution in [2.45, 2.75) is 31.8 Å². The van der Waals surface area contributed by atoms with Crippen molar-refractivity contribution < 1.29 is 20.2 Å². The van der Waals surface area contributed by atoms with Crippen molar-refractivity contribution >= 4 is 11.4 Å². The van der Waals surface area contributed by atoms with Gasteiger partial charge in [-0.2, -0.15) is 0 Å². The number of nitrogens with one attached hydrogen (secondary N) is 1. The molecule has 1 heterocycles. The van der Waals surface area contributed by atoms with Gasteiger partial charge in [0.15, 0.2) is 0 Å². The molecule has 1 aromatic carbocycles.